The lowest BCUT2D eigenvalue weighted by atomic mass is 10.1. The molecule has 0 saturated carbocycles. The number of pyridine rings is 1. The van der Waals surface area contributed by atoms with Crippen LogP contribution in [0.1, 0.15) is 15.9 Å². The number of hydrogen-bond acceptors (Lipinski definition) is 4. The summed E-state index contributed by atoms with van der Waals surface area (Å²) in [4.78, 5) is 16.4. The topological polar surface area (TPSA) is 84.7 Å². The average molecular weight is 238 g/mol. The van der Waals surface area contributed by atoms with E-state index < -0.39 is 0 Å². The van der Waals surface area contributed by atoms with Crippen LogP contribution in [0.3, 0.4) is 0 Å². The average Bonchev–Trinajstić information content (AvgIpc) is 2.83. The summed E-state index contributed by atoms with van der Waals surface area (Å²) in [5.74, 6) is 0.0904. The van der Waals surface area contributed by atoms with Crippen molar-refractivity contribution in [2.45, 2.75) is 0 Å². The van der Waals surface area contributed by atoms with Gasteiger partial charge in [-0.3, -0.25) is 14.9 Å². The summed E-state index contributed by atoms with van der Waals surface area (Å²) in [6, 6.07) is 9.43. The van der Waals surface area contributed by atoms with Crippen molar-refractivity contribution in [2.75, 3.05) is 5.73 Å². The smallest absolute Gasteiger partial charge is 0.199 e. The Bertz CT molecular complexity index is 732. The molecule has 0 bridgehead atoms. The molecule has 5 nitrogen and oxygen atoms in total. The molecule has 0 fully saturated rings. The number of nitrogen functional groups attached to an aromatic ring is 1. The van der Waals surface area contributed by atoms with Crippen molar-refractivity contribution >= 4 is 22.5 Å². The van der Waals surface area contributed by atoms with E-state index in [4.69, 9.17) is 5.73 Å². The van der Waals surface area contributed by atoms with Crippen LogP contribution in [0.5, 0.6) is 0 Å². The number of anilines is 1. The maximum atomic E-state index is 12.2. The fourth-order valence-corrected chi connectivity index (χ4v) is 1.83. The summed E-state index contributed by atoms with van der Waals surface area (Å²) >= 11 is 0. The van der Waals surface area contributed by atoms with Crippen LogP contribution in [-0.2, 0) is 0 Å². The molecule has 0 aliphatic heterocycles. The van der Waals surface area contributed by atoms with Gasteiger partial charge in [0.2, 0.25) is 0 Å². The summed E-state index contributed by atoms with van der Waals surface area (Å²) in [7, 11) is 0. The van der Waals surface area contributed by atoms with Gasteiger partial charge in [0.1, 0.15) is 5.82 Å². The Labute approximate surface area is 103 Å². The summed E-state index contributed by atoms with van der Waals surface area (Å²) in [6.07, 6.45) is 2.98. The van der Waals surface area contributed by atoms with Crippen molar-refractivity contribution in [1.82, 2.24) is 15.2 Å². The van der Waals surface area contributed by atoms with Crippen LogP contribution >= 0.6 is 0 Å². The lowest BCUT2D eigenvalue weighted by Crippen LogP contribution is -2.04. The third-order valence-electron chi connectivity index (χ3n) is 2.77. The molecular formula is C13H10N4O. The molecule has 5 heteroatoms. The third kappa shape index (κ3) is 1.62. The molecule has 0 amide bonds. The summed E-state index contributed by atoms with van der Waals surface area (Å²) < 4.78 is 0. The van der Waals surface area contributed by atoms with Crippen molar-refractivity contribution in [1.29, 1.82) is 0 Å². The van der Waals surface area contributed by atoms with Crippen LogP contribution in [-0.4, -0.2) is 21.0 Å². The lowest BCUT2D eigenvalue weighted by Gasteiger charge is -2.01. The zero-order chi connectivity index (χ0) is 12.5. The van der Waals surface area contributed by atoms with Gasteiger partial charge in [-0.25, -0.2) is 0 Å². The first kappa shape index (κ1) is 10.5. The second-order valence-electron chi connectivity index (χ2n) is 3.94. The van der Waals surface area contributed by atoms with Gasteiger partial charge in [-0.2, -0.15) is 5.10 Å². The van der Waals surface area contributed by atoms with Crippen molar-refractivity contribution < 1.29 is 4.79 Å². The molecule has 3 N–H and O–H groups in total. The predicted octanol–water partition coefficient (Wildman–Crippen LogP) is 1.77. The van der Waals surface area contributed by atoms with Gasteiger partial charge in [0.25, 0.3) is 0 Å². The molecule has 2 heterocycles. The number of nitrogens with zero attached hydrogens (tertiary/aromatic N) is 2. The molecule has 0 saturated heterocycles. The minimum Gasteiger partial charge on any atom is -0.383 e. The lowest BCUT2D eigenvalue weighted by molar-refractivity contribution is 0.103. The summed E-state index contributed by atoms with van der Waals surface area (Å²) in [6.45, 7) is 0. The number of nitrogens with two attached hydrogens (primary N) is 1. The number of rotatable bonds is 2. The van der Waals surface area contributed by atoms with Crippen LogP contribution < -0.4 is 5.73 Å². The van der Waals surface area contributed by atoms with Crippen molar-refractivity contribution in [2.24, 2.45) is 0 Å². The molecule has 0 aliphatic rings. The van der Waals surface area contributed by atoms with E-state index in [0.29, 0.717) is 11.1 Å². The number of benzene rings is 1. The Kier molecular flexibility index (Phi) is 2.30. The van der Waals surface area contributed by atoms with Crippen LogP contribution in [0.15, 0.2) is 42.7 Å². The molecule has 0 spiro atoms. The number of carbonyl (C=O) groups is 1. The molecule has 18 heavy (non-hydrogen) atoms. The molecule has 1 aromatic carbocycles. The Balaban J connectivity index is 2.10. The minimum atomic E-state index is -0.181. The second kappa shape index (κ2) is 3.96. The highest BCUT2D eigenvalue weighted by Crippen LogP contribution is 2.17. The number of aromatic nitrogens is 3. The zero-order valence-corrected chi connectivity index (χ0v) is 9.42. The summed E-state index contributed by atoms with van der Waals surface area (Å²) in [5.41, 5.74) is 7.36. The van der Waals surface area contributed by atoms with E-state index in [2.05, 4.69) is 15.2 Å². The minimum absolute atomic E-state index is 0.181. The summed E-state index contributed by atoms with van der Waals surface area (Å²) in [5, 5.41) is 7.20. The standard InChI is InChI=1S/C13H10N4O/c14-13-10(7-16-17-13)12(18)9-5-8-3-1-2-4-11(8)15-6-9/h1-7H,(H3,14,16,17). The van der Waals surface area contributed by atoms with E-state index in [1.165, 1.54) is 6.20 Å². The van der Waals surface area contributed by atoms with Gasteiger partial charge in [-0.1, -0.05) is 18.2 Å². The second-order valence-corrected chi connectivity index (χ2v) is 3.94. The number of ketones is 1. The van der Waals surface area contributed by atoms with Gasteiger partial charge in [0.05, 0.1) is 17.3 Å². The number of carbonyl (C=O) groups excluding carboxylic acids is 1. The monoisotopic (exact) mass is 238 g/mol. The SMILES string of the molecule is Nc1[nH]ncc1C(=O)c1cnc2ccccc2c1. The fraction of sp³-hybridized carbons (Fsp3) is 0. The van der Waals surface area contributed by atoms with E-state index >= 15 is 0 Å². The molecule has 0 atom stereocenters. The van der Waals surface area contributed by atoms with Gasteiger partial charge in [0.15, 0.2) is 5.78 Å². The van der Waals surface area contributed by atoms with Gasteiger partial charge in [0, 0.05) is 17.1 Å². The van der Waals surface area contributed by atoms with E-state index in [-0.39, 0.29) is 11.6 Å². The predicted molar refractivity (Wildman–Crippen MR) is 68.2 cm³/mol. The maximum absolute atomic E-state index is 12.2. The number of fused-ring (bicyclic) bond motifs is 1. The number of aromatic amines is 1. The van der Waals surface area contributed by atoms with E-state index in [9.17, 15) is 4.79 Å². The van der Waals surface area contributed by atoms with Gasteiger partial charge < -0.3 is 5.73 Å². The number of hydrogen-bond donors (Lipinski definition) is 2. The van der Waals surface area contributed by atoms with Crippen molar-refractivity contribution in [3.63, 3.8) is 0 Å². The van der Waals surface area contributed by atoms with Gasteiger partial charge in [-0.05, 0) is 12.1 Å². The number of para-hydroxylation sites is 1. The highest BCUT2D eigenvalue weighted by atomic mass is 16.1. The maximum Gasteiger partial charge on any atom is 0.199 e. The highest BCUT2D eigenvalue weighted by molar-refractivity contribution is 6.12. The Morgan fingerprint density at radius 2 is 2.06 bits per heavy atom. The molecular weight excluding hydrogens is 228 g/mol. The first-order valence-electron chi connectivity index (χ1n) is 5.44. The Morgan fingerprint density at radius 1 is 1.22 bits per heavy atom. The van der Waals surface area contributed by atoms with Crippen LogP contribution in [0.4, 0.5) is 5.82 Å². The van der Waals surface area contributed by atoms with Crippen molar-refractivity contribution in [3.8, 4) is 0 Å². The van der Waals surface area contributed by atoms with E-state index in [1.54, 1.807) is 12.3 Å². The quantitative estimate of drug-likeness (QED) is 0.666. The normalized spacial score (nSPS) is 10.7. The van der Waals surface area contributed by atoms with Crippen LogP contribution in [0.25, 0.3) is 10.9 Å². The Hall–Kier alpha value is -2.69. The number of nitrogens with one attached hydrogen (secondary N) is 1. The molecule has 3 rings (SSSR count). The molecule has 3 aromatic rings. The van der Waals surface area contributed by atoms with Crippen LogP contribution in [0, 0.1) is 0 Å². The van der Waals surface area contributed by atoms with Gasteiger partial charge >= 0.3 is 0 Å². The fourth-order valence-electron chi connectivity index (χ4n) is 1.83. The first-order chi connectivity index (χ1) is 8.75. The largest absolute Gasteiger partial charge is 0.383 e. The third-order valence-corrected chi connectivity index (χ3v) is 2.77. The zero-order valence-electron chi connectivity index (χ0n) is 9.42. The molecule has 2 aromatic heterocycles. The number of H-pyrrole nitrogens is 1. The molecule has 88 valence electrons. The van der Waals surface area contributed by atoms with Crippen LogP contribution in [0.2, 0.25) is 0 Å². The highest BCUT2D eigenvalue weighted by Gasteiger charge is 2.14. The molecule has 0 unspecified atom stereocenters. The first-order valence-corrected chi connectivity index (χ1v) is 5.44. The molecule has 0 radical (unpaired) electrons. The van der Waals surface area contributed by atoms with Gasteiger partial charge in [-0.15, -0.1) is 0 Å². The van der Waals surface area contributed by atoms with Crippen molar-refractivity contribution in [3.05, 3.63) is 53.9 Å². The molecule has 0 aliphatic carbocycles. The van der Waals surface area contributed by atoms with E-state index in [0.717, 1.165) is 10.9 Å². The van der Waals surface area contributed by atoms with E-state index in [1.807, 2.05) is 24.3 Å². The Morgan fingerprint density at radius 3 is 2.83 bits per heavy atom.